The smallest absolute Gasteiger partial charge is 0.252 e. The minimum absolute atomic E-state index is 0.385. The number of hydrogen-bond acceptors (Lipinski definition) is 2. The summed E-state index contributed by atoms with van der Waals surface area (Å²) in [5, 5.41) is 0. The van der Waals surface area contributed by atoms with Crippen molar-refractivity contribution in [1.29, 1.82) is 0 Å². The molecule has 0 heterocycles. The first-order valence-corrected chi connectivity index (χ1v) is 5.90. The lowest BCUT2D eigenvalue weighted by molar-refractivity contribution is 0.236. The van der Waals surface area contributed by atoms with E-state index in [-0.39, 0.29) is 0 Å². The van der Waals surface area contributed by atoms with Gasteiger partial charge in [0, 0.05) is 6.10 Å². The van der Waals surface area contributed by atoms with Gasteiger partial charge in [-0.1, -0.05) is 13.3 Å². The van der Waals surface area contributed by atoms with Gasteiger partial charge in [-0.2, -0.15) is 0 Å². The molecule has 3 heteroatoms. The highest BCUT2D eigenvalue weighted by molar-refractivity contribution is 6.48. The molecule has 1 unspecified atom stereocenters. The van der Waals surface area contributed by atoms with Gasteiger partial charge < -0.3 is 9.41 Å². The molecular weight excluding hydrogens is 142 g/mol. The van der Waals surface area contributed by atoms with Crippen LogP contribution >= 0.6 is 0 Å². The Bertz CT molecular complexity index is 78.0. The van der Waals surface area contributed by atoms with E-state index in [0.717, 1.165) is 0 Å². The fourth-order valence-corrected chi connectivity index (χ4v) is 2.61. The molecule has 2 nitrogen and oxygen atoms in total. The molecule has 62 valence electrons. The van der Waals surface area contributed by atoms with Crippen molar-refractivity contribution in [1.82, 2.24) is 4.98 Å². The third-order valence-electron chi connectivity index (χ3n) is 1.31. The van der Waals surface area contributed by atoms with Crippen LogP contribution < -0.4 is 4.98 Å². The highest BCUT2D eigenvalue weighted by atomic mass is 28.3. The molecule has 0 aromatic rings. The molecule has 1 atom stereocenters. The zero-order chi connectivity index (χ0) is 7.98. The Balaban J connectivity index is 3.39. The van der Waals surface area contributed by atoms with Crippen molar-refractivity contribution in [3.63, 3.8) is 0 Å². The molecule has 0 spiro atoms. The van der Waals surface area contributed by atoms with E-state index in [1.54, 1.807) is 0 Å². The predicted octanol–water partition coefficient (Wildman–Crippen LogP) is 1.26. The maximum absolute atomic E-state index is 5.67. The van der Waals surface area contributed by atoms with E-state index in [1.165, 1.54) is 12.5 Å². The second-order valence-electron chi connectivity index (χ2n) is 2.75. The highest BCUT2D eigenvalue weighted by Crippen LogP contribution is 1.98. The zero-order valence-electron chi connectivity index (χ0n) is 7.48. The van der Waals surface area contributed by atoms with Gasteiger partial charge in [-0.3, -0.25) is 0 Å². The summed E-state index contributed by atoms with van der Waals surface area (Å²) in [6.45, 7) is 6.38. The lowest BCUT2D eigenvalue weighted by Crippen LogP contribution is -2.35. The molecule has 0 amide bonds. The van der Waals surface area contributed by atoms with Gasteiger partial charge in [0.1, 0.15) is 0 Å². The van der Waals surface area contributed by atoms with Crippen molar-refractivity contribution in [2.24, 2.45) is 0 Å². The zero-order valence-corrected chi connectivity index (χ0v) is 8.63. The van der Waals surface area contributed by atoms with Gasteiger partial charge in [-0.05, 0) is 26.9 Å². The fraction of sp³-hybridized carbons (Fsp3) is 1.00. The van der Waals surface area contributed by atoms with Crippen molar-refractivity contribution in [3.05, 3.63) is 0 Å². The molecule has 0 aromatic carbocycles. The molecule has 0 aromatic heterocycles. The van der Waals surface area contributed by atoms with Crippen LogP contribution in [0.25, 0.3) is 0 Å². The molecule has 10 heavy (non-hydrogen) atoms. The normalized spacial score (nSPS) is 14.1. The van der Waals surface area contributed by atoms with Gasteiger partial charge in [0.15, 0.2) is 0 Å². The van der Waals surface area contributed by atoms with Crippen LogP contribution in [-0.4, -0.2) is 22.4 Å². The molecule has 0 fully saturated rings. The molecule has 0 aliphatic rings. The summed E-state index contributed by atoms with van der Waals surface area (Å²) in [6, 6.07) is 1.23. The first kappa shape index (κ1) is 10.1. The van der Waals surface area contributed by atoms with Gasteiger partial charge in [0.25, 0.3) is 9.20 Å². The van der Waals surface area contributed by atoms with Crippen molar-refractivity contribution in [2.75, 3.05) is 7.05 Å². The van der Waals surface area contributed by atoms with Crippen LogP contribution in [0.2, 0.25) is 6.04 Å². The van der Waals surface area contributed by atoms with Gasteiger partial charge in [0.2, 0.25) is 0 Å². The summed E-state index contributed by atoms with van der Waals surface area (Å²) in [5.74, 6) is 0. The van der Waals surface area contributed by atoms with Crippen molar-refractivity contribution in [2.45, 2.75) is 39.3 Å². The van der Waals surface area contributed by atoms with E-state index < -0.39 is 9.20 Å². The van der Waals surface area contributed by atoms with Gasteiger partial charge >= 0.3 is 0 Å². The Morgan fingerprint density at radius 2 is 2.10 bits per heavy atom. The first-order valence-electron chi connectivity index (χ1n) is 4.03. The molecule has 0 bridgehead atoms. The predicted molar refractivity (Wildman–Crippen MR) is 47.5 cm³/mol. The third-order valence-corrected chi connectivity index (χ3v) is 3.93. The van der Waals surface area contributed by atoms with E-state index in [9.17, 15) is 0 Å². The molecule has 0 aliphatic heterocycles. The maximum Gasteiger partial charge on any atom is 0.252 e. The summed E-state index contributed by atoms with van der Waals surface area (Å²) in [5.41, 5.74) is 0. The second kappa shape index (κ2) is 5.89. The van der Waals surface area contributed by atoms with Crippen LogP contribution in [0.4, 0.5) is 0 Å². The number of hydrogen-bond donors (Lipinski definition) is 1. The highest BCUT2D eigenvalue weighted by Gasteiger charge is 2.08. The van der Waals surface area contributed by atoms with Crippen LogP contribution in [0.1, 0.15) is 27.2 Å². The third kappa shape index (κ3) is 4.96. The average molecular weight is 161 g/mol. The monoisotopic (exact) mass is 161 g/mol. The Labute approximate surface area is 65.8 Å². The minimum Gasteiger partial charge on any atom is -0.403 e. The molecule has 0 aliphatic carbocycles. The first-order chi connectivity index (χ1) is 4.70. The van der Waals surface area contributed by atoms with Crippen molar-refractivity contribution in [3.8, 4) is 0 Å². The molecule has 0 saturated carbocycles. The summed E-state index contributed by atoms with van der Waals surface area (Å²) in [7, 11) is 0.974. The maximum atomic E-state index is 5.67. The van der Waals surface area contributed by atoms with Crippen molar-refractivity contribution >= 4 is 9.20 Å². The van der Waals surface area contributed by atoms with Crippen molar-refractivity contribution < 1.29 is 4.43 Å². The topological polar surface area (TPSA) is 21.3 Å². The number of rotatable bonds is 5. The Morgan fingerprint density at radius 1 is 1.50 bits per heavy atom. The molecule has 0 saturated heterocycles. The Hall–Kier alpha value is 0.137. The second-order valence-corrected chi connectivity index (χ2v) is 5.15. The summed E-state index contributed by atoms with van der Waals surface area (Å²) < 4.78 is 5.67. The molecule has 0 radical (unpaired) electrons. The minimum atomic E-state index is -1.02. The largest absolute Gasteiger partial charge is 0.403 e. The van der Waals surface area contributed by atoms with E-state index >= 15 is 0 Å². The van der Waals surface area contributed by atoms with Crippen LogP contribution in [0.15, 0.2) is 0 Å². The quantitative estimate of drug-likeness (QED) is 0.613. The summed E-state index contributed by atoms with van der Waals surface area (Å²) in [6.07, 6.45) is 1.61. The number of nitrogens with one attached hydrogen (secondary N) is 1. The molecule has 1 N–H and O–H groups in total. The Kier molecular flexibility index (Phi) is 5.97. The van der Waals surface area contributed by atoms with E-state index in [2.05, 4.69) is 25.8 Å². The van der Waals surface area contributed by atoms with E-state index in [4.69, 9.17) is 4.43 Å². The summed E-state index contributed by atoms with van der Waals surface area (Å²) in [4.78, 5) is 3.25. The van der Waals surface area contributed by atoms with Gasteiger partial charge in [-0.25, -0.2) is 0 Å². The molecular formula is C7H19NOSi. The summed E-state index contributed by atoms with van der Waals surface area (Å²) >= 11 is 0. The van der Waals surface area contributed by atoms with Gasteiger partial charge in [-0.15, -0.1) is 0 Å². The SMILES string of the molecule is CCC[SiH](NC)OC(C)C. The lowest BCUT2D eigenvalue weighted by atomic mass is 10.5. The van der Waals surface area contributed by atoms with Gasteiger partial charge in [0.05, 0.1) is 0 Å². The van der Waals surface area contributed by atoms with Crippen LogP contribution in [0.5, 0.6) is 0 Å². The molecule has 0 rings (SSSR count). The fourth-order valence-electron chi connectivity index (χ4n) is 0.871. The van der Waals surface area contributed by atoms with E-state index in [0.29, 0.717) is 6.10 Å². The lowest BCUT2D eigenvalue weighted by Gasteiger charge is -2.16. The van der Waals surface area contributed by atoms with Crippen LogP contribution in [0.3, 0.4) is 0 Å². The average Bonchev–Trinajstić information content (AvgIpc) is 1.86. The van der Waals surface area contributed by atoms with Crippen LogP contribution in [-0.2, 0) is 4.43 Å². The van der Waals surface area contributed by atoms with E-state index in [1.807, 2.05) is 7.05 Å². The Morgan fingerprint density at radius 3 is 2.40 bits per heavy atom. The standard InChI is InChI=1S/C7H19NOSi/c1-5-6-10(8-4)9-7(2)3/h7-8,10H,5-6H2,1-4H3. The van der Waals surface area contributed by atoms with Crippen LogP contribution in [0, 0.1) is 0 Å².